The van der Waals surface area contributed by atoms with Gasteiger partial charge in [-0.05, 0) is 29.4 Å². The van der Waals surface area contributed by atoms with E-state index in [1.807, 2.05) is 12.1 Å². The predicted octanol–water partition coefficient (Wildman–Crippen LogP) is 1.59. The third kappa shape index (κ3) is 0.775. The summed E-state index contributed by atoms with van der Waals surface area (Å²) < 4.78 is 4.76. The van der Waals surface area contributed by atoms with Crippen molar-refractivity contribution in [2.24, 2.45) is 11.8 Å². The maximum Gasteiger partial charge on any atom is 0.318 e. The van der Waals surface area contributed by atoms with Gasteiger partial charge in [0, 0.05) is 0 Å². The average Bonchev–Trinajstić information content (AvgIpc) is 2.91. The van der Waals surface area contributed by atoms with Gasteiger partial charge in [0.15, 0.2) is 0 Å². The average molecular weight is 214 g/mol. The number of ether oxygens (including phenoxy) is 1. The molecule has 1 saturated heterocycles. The summed E-state index contributed by atoms with van der Waals surface area (Å²) >= 11 is 0. The Balaban J connectivity index is 1.92. The van der Waals surface area contributed by atoms with Crippen molar-refractivity contribution in [3.63, 3.8) is 0 Å². The minimum absolute atomic E-state index is 0.201. The van der Waals surface area contributed by atoms with E-state index in [9.17, 15) is 9.59 Å². The molecule has 3 aliphatic rings. The number of fused-ring (bicyclic) bond motifs is 8. The fourth-order valence-corrected chi connectivity index (χ4v) is 3.75. The van der Waals surface area contributed by atoms with Crippen LogP contribution < -0.4 is 0 Å². The van der Waals surface area contributed by atoms with Crippen LogP contribution in [0, 0.1) is 11.8 Å². The maximum atomic E-state index is 11.6. The third-order valence-corrected chi connectivity index (χ3v) is 4.30. The lowest BCUT2D eigenvalue weighted by molar-refractivity contribution is -0.154. The number of carbonyl (C=O) groups excluding carboxylic acids is 2. The molecular formula is C13H10O3. The Bertz CT molecular complexity index is 475. The molecule has 0 unspecified atom stereocenters. The van der Waals surface area contributed by atoms with E-state index in [2.05, 4.69) is 12.1 Å². The minimum Gasteiger partial charge on any atom is -0.393 e. The van der Waals surface area contributed by atoms with Crippen molar-refractivity contribution >= 4 is 11.9 Å². The fourth-order valence-electron chi connectivity index (χ4n) is 3.75. The predicted molar refractivity (Wildman–Crippen MR) is 54.6 cm³/mol. The van der Waals surface area contributed by atoms with E-state index in [-0.39, 0.29) is 35.6 Å². The molecule has 2 fully saturated rings. The molecule has 0 radical (unpaired) electrons. The summed E-state index contributed by atoms with van der Waals surface area (Å²) in [6.45, 7) is 0. The van der Waals surface area contributed by atoms with Crippen LogP contribution in [0.5, 0.6) is 0 Å². The molecule has 1 aromatic rings. The zero-order chi connectivity index (χ0) is 10.9. The number of hydrogen-bond donors (Lipinski definition) is 0. The summed E-state index contributed by atoms with van der Waals surface area (Å²) in [5.74, 6) is -0.593. The number of carbonyl (C=O) groups is 2. The van der Waals surface area contributed by atoms with Gasteiger partial charge in [0.05, 0.1) is 11.8 Å². The molecule has 0 N–H and O–H groups in total. The van der Waals surface area contributed by atoms with Crippen molar-refractivity contribution in [3.8, 4) is 0 Å². The minimum atomic E-state index is -0.308. The first kappa shape index (κ1) is 8.50. The van der Waals surface area contributed by atoms with Gasteiger partial charge in [-0.25, -0.2) is 0 Å². The molecule has 0 aromatic heterocycles. The molecular weight excluding hydrogens is 204 g/mol. The normalized spacial score (nSPS) is 38.5. The Labute approximate surface area is 92.4 Å². The monoisotopic (exact) mass is 214 g/mol. The van der Waals surface area contributed by atoms with Crippen LogP contribution in [-0.4, -0.2) is 11.9 Å². The molecule has 16 heavy (non-hydrogen) atoms. The van der Waals surface area contributed by atoms with E-state index in [0.717, 1.165) is 6.42 Å². The van der Waals surface area contributed by atoms with Crippen LogP contribution in [0.15, 0.2) is 24.3 Å². The SMILES string of the molecule is O=C1OC(=O)[C@H]2[C@H]1[C@H]1C[C@H]2c2ccccc21. The lowest BCUT2D eigenvalue weighted by atomic mass is 9.77. The fraction of sp³-hybridized carbons (Fsp3) is 0.385. The van der Waals surface area contributed by atoms with Crippen LogP contribution in [0.25, 0.3) is 0 Å². The van der Waals surface area contributed by atoms with E-state index in [1.165, 1.54) is 11.1 Å². The zero-order valence-corrected chi connectivity index (χ0v) is 8.55. The van der Waals surface area contributed by atoms with Gasteiger partial charge in [0.25, 0.3) is 0 Å². The topological polar surface area (TPSA) is 43.4 Å². The van der Waals surface area contributed by atoms with Gasteiger partial charge < -0.3 is 4.74 Å². The first-order valence-electron chi connectivity index (χ1n) is 5.62. The Morgan fingerprint density at radius 1 is 0.938 bits per heavy atom. The molecule has 1 heterocycles. The van der Waals surface area contributed by atoms with Crippen molar-refractivity contribution in [2.45, 2.75) is 18.3 Å². The van der Waals surface area contributed by atoms with Gasteiger partial charge in [0.1, 0.15) is 0 Å². The van der Waals surface area contributed by atoms with Gasteiger partial charge in [-0.15, -0.1) is 0 Å². The van der Waals surface area contributed by atoms with E-state index in [1.54, 1.807) is 0 Å². The molecule has 1 aliphatic heterocycles. The number of cyclic esters (lactones) is 2. The molecule has 4 rings (SSSR count). The second-order valence-corrected chi connectivity index (χ2v) is 4.87. The molecule has 2 bridgehead atoms. The highest BCUT2D eigenvalue weighted by atomic mass is 16.6. The summed E-state index contributed by atoms with van der Waals surface area (Å²) in [6.07, 6.45) is 0.940. The van der Waals surface area contributed by atoms with Gasteiger partial charge in [-0.1, -0.05) is 24.3 Å². The quantitative estimate of drug-likeness (QED) is 0.486. The van der Waals surface area contributed by atoms with E-state index in [4.69, 9.17) is 4.74 Å². The van der Waals surface area contributed by atoms with Gasteiger partial charge in [0.2, 0.25) is 0 Å². The third-order valence-electron chi connectivity index (χ3n) is 4.30. The Kier molecular flexibility index (Phi) is 1.35. The number of hydrogen-bond acceptors (Lipinski definition) is 3. The van der Waals surface area contributed by atoms with Crippen molar-refractivity contribution in [1.29, 1.82) is 0 Å². The smallest absolute Gasteiger partial charge is 0.318 e. The second kappa shape index (κ2) is 2.54. The summed E-state index contributed by atoms with van der Waals surface area (Å²) in [4.78, 5) is 23.2. The molecule has 1 saturated carbocycles. The highest BCUT2D eigenvalue weighted by molar-refractivity contribution is 5.99. The van der Waals surface area contributed by atoms with Crippen LogP contribution >= 0.6 is 0 Å². The van der Waals surface area contributed by atoms with Crippen molar-refractivity contribution in [3.05, 3.63) is 35.4 Å². The lowest BCUT2D eigenvalue weighted by Crippen LogP contribution is -2.23. The number of rotatable bonds is 0. The molecule has 0 spiro atoms. The first-order valence-corrected chi connectivity index (χ1v) is 5.62. The molecule has 3 nitrogen and oxygen atoms in total. The van der Waals surface area contributed by atoms with Crippen LogP contribution in [0.4, 0.5) is 0 Å². The van der Waals surface area contributed by atoms with Gasteiger partial charge >= 0.3 is 11.9 Å². The molecule has 2 aliphatic carbocycles. The molecule has 4 atom stereocenters. The molecule has 3 heteroatoms. The summed E-state index contributed by atoms with van der Waals surface area (Å²) in [7, 11) is 0. The van der Waals surface area contributed by atoms with Crippen molar-refractivity contribution in [2.75, 3.05) is 0 Å². The van der Waals surface area contributed by atoms with Crippen LogP contribution in [0.1, 0.15) is 29.4 Å². The lowest BCUT2D eigenvalue weighted by Gasteiger charge is -2.21. The number of benzene rings is 1. The van der Waals surface area contributed by atoms with Gasteiger partial charge in [-0.3, -0.25) is 9.59 Å². The van der Waals surface area contributed by atoms with Crippen LogP contribution in [-0.2, 0) is 14.3 Å². The van der Waals surface area contributed by atoms with Gasteiger partial charge in [-0.2, -0.15) is 0 Å². The van der Waals surface area contributed by atoms with E-state index in [0.29, 0.717) is 0 Å². The highest BCUT2D eigenvalue weighted by Crippen LogP contribution is 2.61. The zero-order valence-electron chi connectivity index (χ0n) is 8.55. The van der Waals surface area contributed by atoms with Crippen LogP contribution in [0.3, 0.4) is 0 Å². The Hall–Kier alpha value is -1.64. The summed E-state index contributed by atoms with van der Waals surface area (Å²) in [5.41, 5.74) is 2.50. The number of esters is 2. The molecule has 80 valence electrons. The Morgan fingerprint density at radius 3 is 1.94 bits per heavy atom. The van der Waals surface area contributed by atoms with E-state index >= 15 is 0 Å². The standard InChI is InChI=1S/C13H10O3/c14-12-10-8-5-9(11(10)13(15)16-12)7-4-2-1-3-6(7)8/h1-4,8-11H,5H2/t8-,9-,10+,11+/m0/s1. The molecule has 0 amide bonds. The van der Waals surface area contributed by atoms with E-state index < -0.39 is 0 Å². The van der Waals surface area contributed by atoms with Crippen molar-refractivity contribution in [1.82, 2.24) is 0 Å². The maximum absolute atomic E-state index is 11.6. The highest BCUT2D eigenvalue weighted by Gasteiger charge is 2.61. The second-order valence-electron chi connectivity index (χ2n) is 4.87. The summed E-state index contributed by atoms with van der Waals surface area (Å²) in [5, 5.41) is 0. The summed E-state index contributed by atoms with van der Waals surface area (Å²) in [6, 6.07) is 8.14. The van der Waals surface area contributed by atoms with Crippen molar-refractivity contribution < 1.29 is 14.3 Å². The largest absolute Gasteiger partial charge is 0.393 e. The molecule has 1 aromatic carbocycles. The van der Waals surface area contributed by atoms with Crippen LogP contribution in [0.2, 0.25) is 0 Å². The Morgan fingerprint density at radius 2 is 1.44 bits per heavy atom. The first-order chi connectivity index (χ1) is 7.77.